The second-order valence-corrected chi connectivity index (χ2v) is 2.87. The number of hydrogen-bond donors (Lipinski definition) is 1. The number of benzene rings is 1. The van der Waals surface area contributed by atoms with Gasteiger partial charge >= 0.3 is 0 Å². The van der Waals surface area contributed by atoms with Crippen molar-refractivity contribution in [2.45, 2.75) is 13.3 Å². The van der Waals surface area contributed by atoms with Crippen molar-refractivity contribution in [3.05, 3.63) is 30.0 Å². The number of hydrogen-bond acceptors (Lipinski definition) is 2. The van der Waals surface area contributed by atoms with E-state index in [1.165, 1.54) is 5.56 Å². The van der Waals surface area contributed by atoms with E-state index in [0.29, 0.717) is 0 Å². The van der Waals surface area contributed by atoms with Crippen molar-refractivity contribution in [2.24, 2.45) is 0 Å². The average Bonchev–Trinajstić information content (AvgIpc) is 2.50. The average molecular weight is 161 g/mol. The minimum Gasteiger partial charge on any atom is -0.464 e. The topological polar surface area (TPSA) is 39.2 Å². The summed E-state index contributed by atoms with van der Waals surface area (Å²) in [5.41, 5.74) is 8.66. The summed E-state index contributed by atoms with van der Waals surface area (Å²) in [6.07, 6.45) is 2.65. The van der Waals surface area contributed by atoms with E-state index < -0.39 is 0 Å². The number of aryl methyl sites for hydroxylation is 1. The van der Waals surface area contributed by atoms with E-state index in [-0.39, 0.29) is 0 Å². The zero-order chi connectivity index (χ0) is 8.55. The lowest BCUT2D eigenvalue weighted by atomic mass is 10.1. The molecule has 0 aliphatic rings. The number of fused-ring (bicyclic) bond motifs is 1. The number of rotatable bonds is 1. The highest BCUT2D eigenvalue weighted by Crippen LogP contribution is 2.23. The zero-order valence-electron chi connectivity index (χ0n) is 7.00. The zero-order valence-corrected chi connectivity index (χ0v) is 7.00. The van der Waals surface area contributed by atoms with Gasteiger partial charge in [-0.2, -0.15) is 0 Å². The van der Waals surface area contributed by atoms with Crippen LogP contribution in [0.25, 0.3) is 11.0 Å². The summed E-state index contributed by atoms with van der Waals surface area (Å²) in [6, 6.07) is 5.83. The van der Waals surface area contributed by atoms with Gasteiger partial charge in [0.25, 0.3) is 0 Å². The van der Waals surface area contributed by atoms with Gasteiger partial charge in [0, 0.05) is 11.1 Å². The number of anilines is 1. The summed E-state index contributed by atoms with van der Waals surface area (Å²) < 4.78 is 5.34. The van der Waals surface area contributed by atoms with Crippen LogP contribution in [0.2, 0.25) is 0 Å². The molecule has 0 atom stereocenters. The van der Waals surface area contributed by atoms with Gasteiger partial charge in [-0.3, -0.25) is 0 Å². The summed E-state index contributed by atoms with van der Waals surface area (Å²) in [4.78, 5) is 0. The summed E-state index contributed by atoms with van der Waals surface area (Å²) >= 11 is 0. The SMILES string of the molecule is CCc1cc(N)cc2ccoc12. The maximum absolute atomic E-state index is 5.72. The van der Waals surface area contributed by atoms with Crippen molar-refractivity contribution in [1.29, 1.82) is 0 Å². The molecule has 0 saturated heterocycles. The van der Waals surface area contributed by atoms with Crippen molar-refractivity contribution >= 4 is 16.7 Å². The van der Waals surface area contributed by atoms with E-state index in [2.05, 4.69) is 6.92 Å². The van der Waals surface area contributed by atoms with Crippen LogP contribution >= 0.6 is 0 Å². The Morgan fingerprint density at radius 1 is 1.42 bits per heavy atom. The summed E-state index contributed by atoms with van der Waals surface area (Å²) in [5, 5.41) is 1.09. The third-order valence-electron chi connectivity index (χ3n) is 2.03. The molecule has 2 rings (SSSR count). The fourth-order valence-electron chi connectivity index (χ4n) is 1.44. The lowest BCUT2D eigenvalue weighted by Crippen LogP contribution is -1.87. The van der Waals surface area contributed by atoms with Crippen LogP contribution in [0.15, 0.2) is 28.9 Å². The van der Waals surface area contributed by atoms with Crippen LogP contribution in [-0.4, -0.2) is 0 Å². The highest BCUT2D eigenvalue weighted by molar-refractivity contribution is 5.83. The van der Waals surface area contributed by atoms with Crippen molar-refractivity contribution in [3.8, 4) is 0 Å². The first kappa shape index (κ1) is 7.22. The molecule has 2 nitrogen and oxygen atoms in total. The number of nitrogens with two attached hydrogens (primary N) is 1. The first-order chi connectivity index (χ1) is 5.81. The smallest absolute Gasteiger partial charge is 0.137 e. The monoisotopic (exact) mass is 161 g/mol. The van der Waals surface area contributed by atoms with Crippen molar-refractivity contribution in [2.75, 3.05) is 5.73 Å². The number of furan rings is 1. The highest BCUT2D eigenvalue weighted by Gasteiger charge is 2.03. The predicted octanol–water partition coefficient (Wildman–Crippen LogP) is 2.58. The Morgan fingerprint density at radius 3 is 3.00 bits per heavy atom. The first-order valence-corrected chi connectivity index (χ1v) is 4.07. The van der Waals surface area contributed by atoms with Crippen LogP contribution in [0.5, 0.6) is 0 Å². The summed E-state index contributed by atoms with van der Waals surface area (Å²) in [5.74, 6) is 0. The molecule has 0 spiro atoms. The van der Waals surface area contributed by atoms with E-state index in [0.717, 1.165) is 23.1 Å². The van der Waals surface area contributed by atoms with Gasteiger partial charge in [-0.1, -0.05) is 6.92 Å². The summed E-state index contributed by atoms with van der Waals surface area (Å²) in [7, 11) is 0. The van der Waals surface area contributed by atoms with Crippen LogP contribution in [0, 0.1) is 0 Å². The van der Waals surface area contributed by atoms with E-state index in [9.17, 15) is 0 Å². The normalized spacial score (nSPS) is 10.8. The second-order valence-electron chi connectivity index (χ2n) is 2.87. The quantitative estimate of drug-likeness (QED) is 0.653. The fraction of sp³-hybridized carbons (Fsp3) is 0.200. The maximum atomic E-state index is 5.72. The molecule has 2 N–H and O–H groups in total. The third-order valence-corrected chi connectivity index (χ3v) is 2.03. The van der Waals surface area contributed by atoms with Crippen LogP contribution in [0.4, 0.5) is 5.69 Å². The van der Waals surface area contributed by atoms with Gasteiger partial charge < -0.3 is 10.2 Å². The van der Waals surface area contributed by atoms with E-state index in [1.54, 1.807) is 6.26 Å². The molecule has 0 radical (unpaired) electrons. The van der Waals surface area contributed by atoms with Crippen molar-refractivity contribution in [3.63, 3.8) is 0 Å². The van der Waals surface area contributed by atoms with Crippen LogP contribution in [-0.2, 0) is 6.42 Å². The minimum absolute atomic E-state index is 0.806. The Labute approximate surface area is 71.0 Å². The Hall–Kier alpha value is -1.44. The van der Waals surface area contributed by atoms with E-state index in [4.69, 9.17) is 10.2 Å². The van der Waals surface area contributed by atoms with E-state index in [1.807, 2.05) is 18.2 Å². The second kappa shape index (κ2) is 2.55. The summed E-state index contributed by atoms with van der Waals surface area (Å²) in [6.45, 7) is 2.09. The minimum atomic E-state index is 0.806. The Morgan fingerprint density at radius 2 is 2.25 bits per heavy atom. The Bertz CT molecular complexity index is 403. The van der Waals surface area contributed by atoms with Gasteiger partial charge in [0.05, 0.1) is 6.26 Å². The lowest BCUT2D eigenvalue weighted by molar-refractivity contribution is 0.611. The van der Waals surface area contributed by atoms with Crippen LogP contribution < -0.4 is 5.73 Å². The van der Waals surface area contributed by atoms with E-state index >= 15 is 0 Å². The molecule has 0 bridgehead atoms. The highest BCUT2D eigenvalue weighted by atomic mass is 16.3. The Kier molecular flexibility index (Phi) is 1.54. The van der Waals surface area contributed by atoms with Gasteiger partial charge in [-0.05, 0) is 30.2 Å². The molecule has 62 valence electrons. The number of nitrogen functional groups attached to an aromatic ring is 1. The standard InChI is InChI=1S/C10H11NO/c1-2-7-5-9(11)6-8-3-4-12-10(7)8/h3-6H,2,11H2,1H3. The molecule has 0 unspecified atom stereocenters. The first-order valence-electron chi connectivity index (χ1n) is 4.07. The molecule has 1 aromatic carbocycles. The van der Waals surface area contributed by atoms with Gasteiger partial charge in [0.2, 0.25) is 0 Å². The molecule has 2 aromatic rings. The molecular weight excluding hydrogens is 150 g/mol. The molecule has 0 amide bonds. The van der Waals surface area contributed by atoms with Gasteiger partial charge in [0.15, 0.2) is 0 Å². The molecule has 0 aliphatic carbocycles. The maximum Gasteiger partial charge on any atom is 0.137 e. The molecule has 0 aliphatic heterocycles. The van der Waals surface area contributed by atoms with Gasteiger partial charge in [0.1, 0.15) is 5.58 Å². The van der Waals surface area contributed by atoms with Crippen molar-refractivity contribution < 1.29 is 4.42 Å². The molecular formula is C10H11NO. The molecule has 1 heterocycles. The Balaban J connectivity index is 2.80. The molecule has 0 saturated carbocycles. The van der Waals surface area contributed by atoms with Gasteiger partial charge in [-0.15, -0.1) is 0 Å². The van der Waals surface area contributed by atoms with Crippen LogP contribution in [0.3, 0.4) is 0 Å². The molecule has 2 heteroatoms. The predicted molar refractivity (Wildman–Crippen MR) is 50.0 cm³/mol. The molecule has 1 aromatic heterocycles. The van der Waals surface area contributed by atoms with Crippen molar-refractivity contribution in [1.82, 2.24) is 0 Å². The largest absolute Gasteiger partial charge is 0.464 e. The molecule has 12 heavy (non-hydrogen) atoms. The lowest BCUT2D eigenvalue weighted by Gasteiger charge is -1.99. The third kappa shape index (κ3) is 0.961. The van der Waals surface area contributed by atoms with Crippen LogP contribution in [0.1, 0.15) is 12.5 Å². The molecule has 0 fully saturated rings. The van der Waals surface area contributed by atoms with Gasteiger partial charge in [-0.25, -0.2) is 0 Å². The fourth-order valence-corrected chi connectivity index (χ4v) is 1.44.